The zero-order valence-electron chi connectivity index (χ0n) is 12.4. The van der Waals surface area contributed by atoms with Gasteiger partial charge in [0.25, 0.3) is 5.91 Å². The number of amides is 1. The van der Waals surface area contributed by atoms with Crippen LogP contribution in [0.15, 0.2) is 47.7 Å². The molecule has 3 rings (SSSR count). The smallest absolute Gasteiger partial charge is 0.254 e. The first kappa shape index (κ1) is 14.9. The number of benzene rings is 1. The Labute approximate surface area is 131 Å². The molecule has 0 saturated heterocycles. The van der Waals surface area contributed by atoms with Gasteiger partial charge in [-0.15, -0.1) is 0 Å². The highest BCUT2D eigenvalue weighted by atomic mass is 19.1. The standard InChI is InChI=1S/C17H14FN3O2/c1-2-21-9-13(17(19)23)16(22)12-7-14(18)11(8-15(12)21)10-3-5-20-6-4-10/h3-9H,2H2,1H3,(H2,19,23). The monoisotopic (exact) mass is 311 g/mol. The molecule has 2 heterocycles. The van der Waals surface area contributed by atoms with Gasteiger partial charge in [-0.2, -0.15) is 0 Å². The fourth-order valence-corrected chi connectivity index (χ4v) is 2.60. The van der Waals surface area contributed by atoms with Crippen LogP contribution in [-0.2, 0) is 6.54 Å². The fraction of sp³-hybridized carbons (Fsp3) is 0.118. The summed E-state index contributed by atoms with van der Waals surface area (Å²) in [6.45, 7) is 2.38. The first-order chi connectivity index (χ1) is 11.0. The average Bonchev–Trinajstić information content (AvgIpc) is 2.55. The molecule has 6 heteroatoms. The first-order valence-electron chi connectivity index (χ1n) is 7.09. The Bertz CT molecular complexity index is 965. The van der Waals surface area contributed by atoms with Crippen molar-refractivity contribution in [1.29, 1.82) is 0 Å². The van der Waals surface area contributed by atoms with E-state index in [0.29, 0.717) is 23.2 Å². The Balaban J connectivity index is 2.39. The Hall–Kier alpha value is -3.02. The molecule has 0 aliphatic heterocycles. The lowest BCUT2D eigenvalue weighted by atomic mass is 10.0. The van der Waals surface area contributed by atoms with Crippen LogP contribution in [-0.4, -0.2) is 15.5 Å². The van der Waals surface area contributed by atoms with Crippen molar-refractivity contribution in [3.05, 3.63) is 64.5 Å². The van der Waals surface area contributed by atoms with Gasteiger partial charge in [-0.1, -0.05) is 0 Å². The second-order valence-electron chi connectivity index (χ2n) is 5.11. The van der Waals surface area contributed by atoms with E-state index in [0.717, 1.165) is 6.07 Å². The predicted molar refractivity (Wildman–Crippen MR) is 85.6 cm³/mol. The van der Waals surface area contributed by atoms with Gasteiger partial charge in [-0.3, -0.25) is 14.6 Å². The molecule has 0 spiro atoms. The molecule has 0 radical (unpaired) electrons. The lowest BCUT2D eigenvalue weighted by Crippen LogP contribution is -2.24. The number of hydrogen-bond donors (Lipinski definition) is 1. The quantitative estimate of drug-likeness (QED) is 0.806. The molecule has 23 heavy (non-hydrogen) atoms. The highest BCUT2D eigenvalue weighted by Gasteiger charge is 2.16. The number of nitrogens with zero attached hydrogens (tertiary/aromatic N) is 2. The molecule has 0 bridgehead atoms. The summed E-state index contributed by atoms with van der Waals surface area (Å²) < 4.78 is 16.2. The molecular formula is C17H14FN3O2. The lowest BCUT2D eigenvalue weighted by molar-refractivity contribution is 0.0999. The van der Waals surface area contributed by atoms with Crippen LogP contribution < -0.4 is 11.2 Å². The number of carbonyl (C=O) groups excluding carboxylic acids is 1. The summed E-state index contributed by atoms with van der Waals surface area (Å²) >= 11 is 0. The Morgan fingerprint density at radius 1 is 1.30 bits per heavy atom. The van der Waals surface area contributed by atoms with Crippen molar-refractivity contribution in [1.82, 2.24) is 9.55 Å². The summed E-state index contributed by atoms with van der Waals surface area (Å²) in [6, 6.07) is 6.15. The van der Waals surface area contributed by atoms with Crippen LogP contribution >= 0.6 is 0 Å². The summed E-state index contributed by atoms with van der Waals surface area (Å²) in [7, 11) is 0. The van der Waals surface area contributed by atoms with Crippen LogP contribution in [0, 0.1) is 5.82 Å². The molecule has 2 aromatic heterocycles. The van der Waals surface area contributed by atoms with Gasteiger partial charge in [-0.05, 0) is 36.8 Å². The zero-order valence-corrected chi connectivity index (χ0v) is 12.4. The largest absolute Gasteiger partial charge is 0.365 e. The molecule has 1 amide bonds. The summed E-state index contributed by atoms with van der Waals surface area (Å²) in [5.41, 5.74) is 6.12. The summed E-state index contributed by atoms with van der Waals surface area (Å²) in [4.78, 5) is 27.7. The van der Waals surface area contributed by atoms with Crippen LogP contribution in [0.4, 0.5) is 4.39 Å². The number of hydrogen-bond acceptors (Lipinski definition) is 3. The third-order valence-corrected chi connectivity index (χ3v) is 3.77. The number of primary amides is 1. The van der Waals surface area contributed by atoms with Crippen molar-refractivity contribution < 1.29 is 9.18 Å². The summed E-state index contributed by atoms with van der Waals surface area (Å²) in [5.74, 6) is -1.36. The number of pyridine rings is 2. The summed E-state index contributed by atoms with van der Waals surface area (Å²) in [5, 5.41) is 0.137. The topological polar surface area (TPSA) is 78.0 Å². The van der Waals surface area contributed by atoms with Crippen molar-refractivity contribution in [2.24, 2.45) is 5.73 Å². The molecule has 0 saturated carbocycles. The Morgan fingerprint density at radius 2 is 2.00 bits per heavy atom. The molecule has 3 aromatic rings. The number of aryl methyl sites for hydroxylation is 1. The van der Waals surface area contributed by atoms with Crippen LogP contribution in [0.1, 0.15) is 17.3 Å². The highest BCUT2D eigenvalue weighted by Crippen LogP contribution is 2.26. The second-order valence-corrected chi connectivity index (χ2v) is 5.11. The van der Waals surface area contributed by atoms with Crippen LogP contribution in [0.2, 0.25) is 0 Å². The van der Waals surface area contributed by atoms with E-state index in [1.807, 2.05) is 6.92 Å². The molecule has 0 unspecified atom stereocenters. The predicted octanol–water partition coefficient (Wildman–Crippen LogP) is 2.32. The SMILES string of the molecule is CCn1cc(C(N)=O)c(=O)c2cc(F)c(-c3ccncc3)cc21. The number of rotatable bonds is 3. The van der Waals surface area contributed by atoms with E-state index in [1.54, 1.807) is 35.2 Å². The van der Waals surface area contributed by atoms with E-state index >= 15 is 0 Å². The number of nitrogens with two attached hydrogens (primary N) is 1. The lowest BCUT2D eigenvalue weighted by Gasteiger charge is -2.13. The first-order valence-corrected chi connectivity index (χ1v) is 7.09. The van der Waals surface area contributed by atoms with Crippen LogP contribution in [0.5, 0.6) is 0 Å². The number of halogens is 1. The minimum absolute atomic E-state index is 0.137. The zero-order chi connectivity index (χ0) is 16.6. The molecular weight excluding hydrogens is 297 g/mol. The Kier molecular flexibility index (Phi) is 3.65. The van der Waals surface area contributed by atoms with Crippen molar-refractivity contribution in [3.8, 4) is 11.1 Å². The normalized spacial score (nSPS) is 10.9. The van der Waals surface area contributed by atoms with Gasteiger partial charge in [0, 0.05) is 36.1 Å². The third kappa shape index (κ3) is 2.48. The molecule has 116 valence electrons. The molecule has 0 aliphatic rings. The average molecular weight is 311 g/mol. The van der Waals surface area contributed by atoms with Crippen molar-refractivity contribution >= 4 is 16.8 Å². The fourth-order valence-electron chi connectivity index (χ4n) is 2.60. The van der Waals surface area contributed by atoms with E-state index in [4.69, 9.17) is 5.73 Å². The summed E-state index contributed by atoms with van der Waals surface area (Å²) in [6.07, 6.45) is 4.56. The van der Waals surface area contributed by atoms with Gasteiger partial charge in [0.2, 0.25) is 5.43 Å². The van der Waals surface area contributed by atoms with Gasteiger partial charge < -0.3 is 10.3 Å². The molecule has 1 aromatic carbocycles. The highest BCUT2D eigenvalue weighted by molar-refractivity contribution is 5.97. The van der Waals surface area contributed by atoms with E-state index in [1.165, 1.54) is 6.20 Å². The van der Waals surface area contributed by atoms with Crippen molar-refractivity contribution in [2.75, 3.05) is 0 Å². The van der Waals surface area contributed by atoms with Gasteiger partial charge >= 0.3 is 0 Å². The number of fused-ring (bicyclic) bond motifs is 1. The molecule has 5 nitrogen and oxygen atoms in total. The maximum absolute atomic E-state index is 14.5. The minimum Gasteiger partial charge on any atom is -0.365 e. The van der Waals surface area contributed by atoms with Crippen molar-refractivity contribution in [2.45, 2.75) is 13.5 Å². The number of aromatic nitrogens is 2. The second kappa shape index (κ2) is 5.64. The number of carbonyl (C=O) groups is 1. The van der Waals surface area contributed by atoms with E-state index < -0.39 is 17.2 Å². The van der Waals surface area contributed by atoms with Gasteiger partial charge in [0.1, 0.15) is 11.4 Å². The maximum atomic E-state index is 14.5. The van der Waals surface area contributed by atoms with Crippen LogP contribution in [0.25, 0.3) is 22.0 Å². The Morgan fingerprint density at radius 3 is 2.61 bits per heavy atom. The van der Waals surface area contributed by atoms with Gasteiger partial charge in [0.15, 0.2) is 0 Å². The minimum atomic E-state index is -0.822. The molecule has 2 N–H and O–H groups in total. The van der Waals surface area contributed by atoms with Crippen molar-refractivity contribution in [3.63, 3.8) is 0 Å². The van der Waals surface area contributed by atoms with E-state index in [-0.39, 0.29) is 10.9 Å². The molecule has 0 atom stereocenters. The van der Waals surface area contributed by atoms with E-state index in [2.05, 4.69) is 4.98 Å². The maximum Gasteiger partial charge on any atom is 0.254 e. The van der Waals surface area contributed by atoms with Gasteiger partial charge in [-0.25, -0.2) is 4.39 Å². The molecule has 0 fully saturated rings. The van der Waals surface area contributed by atoms with Crippen LogP contribution in [0.3, 0.4) is 0 Å². The van der Waals surface area contributed by atoms with Gasteiger partial charge in [0.05, 0.1) is 5.52 Å². The van der Waals surface area contributed by atoms with E-state index in [9.17, 15) is 14.0 Å². The third-order valence-electron chi connectivity index (χ3n) is 3.77. The molecule has 0 aliphatic carbocycles.